The maximum absolute atomic E-state index is 13.7. The highest BCUT2D eigenvalue weighted by atomic mass is 19.1. The number of aliphatic hydroxyl groups is 1. The summed E-state index contributed by atoms with van der Waals surface area (Å²) in [5.74, 6) is 0.183. The molecular formula is C13H16FNO. The fourth-order valence-corrected chi connectivity index (χ4v) is 3.08. The van der Waals surface area contributed by atoms with Crippen LogP contribution in [0.3, 0.4) is 0 Å². The van der Waals surface area contributed by atoms with Crippen molar-refractivity contribution in [3.63, 3.8) is 0 Å². The van der Waals surface area contributed by atoms with E-state index in [2.05, 4.69) is 4.90 Å². The molecule has 0 aromatic heterocycles. The summed E-state index contributed by atoms with van der Waals surface area (Å²) in [5.41, 5.74) is 0.698. The van der Waals surface area contributed by atoms with Gasteiger partial charge in [0.05, 0.1) is 11.8 Å². The predicted octanol–water partition coefficient (Wildman–Crippen LogP) is 2.18. The number of para-hydroxylation sites is 1. The number of hydrogen-bond acceptors (Lipinski definition) is 2. The smallest absolute Gasteiger partial charge is 0.146 e. The van der Waals surface area contributed by atoms with Gasteiger partial charge in [0, 0.05) is 18.5 Å². The summed E-state index contributed by atoms with van der Waals surface area (Å²) in [7, 11) is 0. The molecule has 2 nitrogen and oxygen atoms in total. The third kappa shape index (κ3) is 1.50. The van der Waals surface area contributed by atoms with E-state index in [1.807, 2.05) is 12.1 Å². The number of aliphatic hydroxyl groups excluding tert-OH is 1. The van der Waals surface area contributed by atoms with Crippen molar-refractivity contribution in [1.29, 1.82) is 0 Å². The summed E-state index contributed by atoms with van der Waals surface area (Å²) in [6.45, 7) is 0.798. The Kier molecular flexibility index (Phi) is 2.36. The van der Waals surface area contributed by atoms with Gasteiger partial charge >= 0.3 is 0 Å². The highest BCUT2D eigenvalue weighted by Crippen LogP contribution is 2.39. The maximum atomic E-state index is 13.7. The number of benzene rings is 1. The number of hydrogen-bond donors (Lipinski definition) is 1. The molecule has 2 bridgehead atoms. The van der Waals surface area contributed by atoms with Gasteiger partial charge in [-0.15, -0.1) is 0 Å². The van der Waals surface area contributed by atoms with Crippen molar-refractivity contribution in [3.8, 4) is 0 Å². The van der Waals surface area contributed by atoms with Crippen LogP contribution in [0.5, 0.6) is 0 Å². The van der Waals surface area contributed by atoms with Gasteiger partial charge in [-0.25, -0.2) is 4.39 Å². The van der Waals surface area contributed by atoms with E-state index in [4.69, 9.17) is 0 Å². The molecule has 1 heterocycles. The van der Waals surface area contributed by atoms with Gasteiger partial charge in [0.25, 0.3) is 0 Å². The van der Waals surface area contributed by atoms with Crippen LogP contribution in [0.2, 0.25) is 0 Å². The molecular weight excluding hydrogens is 205 g/mol. The van der Waals surface area contributed by atoms with E-state index in [0.29, 0.717) is 17.6 Å². The second-order valence-electron chi connectivity index (χ2n) is 4.90. The first kappa shape index (κ1) is 10.1. The van der Waals surface area contributed by atoms with Crippen LogP contribution in [0.4, 0.5) is 10.1 Å². The highest BCUT2D eigenvalue weighted by Gasteiger charge is 2.40. The zero-order valence-corrected chi connectivity index (χ0v) is 9.14. The molecule has 1 aliphatic carbocycles. The van der Waals surface area contributed by atoms with Crippen molar-refractivity contribution >= 4 is 5.69 Å². The normalized spacial score (nSPS) is 33.1. The molecule has 3 unspecified atom stereocenters. The molecule has 2 fully saturated rings. The number of nitrogens with zero attached hydrogens (tertiary/aromatic N) is 1. The molecule has 16 heavy (non-hydrogen) atoms. The van der Waals surface area contributed by atoms with Crippen molar-refractivity contribution in [2.45, 2.75) is 31.4 Å². The molecule has 0 amide bonds. The summed E-state index contributed by atoms with van der Waals surface area (Å²) in [6.07, 6.45) is 2.66. The van der Waals surface area contributed by atoms with Gasteiger partial charge in [-0.05, 0) is 31.4 Å². The van der Waals surface area contributed by atoms with Crippen LogP contribution in [-0.4, -0.2) is 23.8 Å². The van der Waals surface area contributed by atoms with Crippen LogP contribution in [0.1, 0.15) is 19.3 Å². The van der Waals surface area contributed by atoms with E-state index < -0.39 is 0 Å². The van der Waals surface area contributed by atoms with Gasteiger partial charge < -0.3 is 10.0 Å². The van der Waals surface area contributed by atoms with Crippen molar-refractivity contribution in [2.75, 3.05) is 11.4 Å². The van der Waals surface area contributed by atoms with Crippen LogP contribution in [-0.2, 0) is 0 Å². The summed E-state index contributed by atoms with van der Waals surface area (Å²) >= 11 is 0. The van der Waals surface area contributed by atoms with E-state index in [1.54, 1.807) is 6.07 Å². The number of rotatable bonds is 1. The lowest BCUT2D eigenvalue weighted by atomic mass is 9.88. The molecule has 3 heteroatoms. The molecule has 86 valence electrons. The van der Waals surface area contributed by atoms with E-state index in [1.165, 1.54) is 6.07 Å². The Morgan fingerprint density at radius 3 is 2.81 bits per heavy atom. The van der Waals surface area contributed by atoms with Crippen molar-refractivity contribution < 1.29 is 9.50 Å². The van der Waals surface area contributed by atoms with Crippen LogP contribution in [0.15, 0.2) is 24.3 Å². The number of halogens is 1. The first-order chi connectivity index (χ1) is 7.75. The minimum absolute atomic E-state index is 0.149. The Morgan fingerprint density at radius 2 is 2.06 bits per heavy atom. The molecule has 3 atom stereocenters. The Balaban J connectivity index is 1.90. The minimum Gasteiger partial charge on any atom is -0.393 e. The topological polar surface area (TPSA) is 23.5 Å². The standard InChI is InChI=1S/C13H16FNO/c14-11-3-1-2-4-12(11)15-8-9-7-10(15)5-6-13(9)16/h1-4,9-10,13,16H,5-8H2. The second kappa shape index (κ2) is 3.74. The Hall–Kier alpha value is -1.09. The average molecular weight is 221 g/mol. The molecule has 1 aromatic rings. The first-order valence-corrected chi connectivity index (χ1v) is 5.95. The highest BCUT2D eigenvalue weighted by molar-refractivity contribution is 5.50. The fourth-order valence-electron chi connectivity index (χ4n) is 3.08. The third-order valence-corrected chi connectivity index (χ3v) is 3.95. The lowest BCUT2D eigenvalue weighted by Gasteiger charge is -2.27. The maximum Gasteiger partial charge on any atom is 0.146 e. The number of anilines is 1. The van der Waals surface area contributed by atoms with Crippen LogP contribution in [0, 0.1) is 11.7 Å². The molecule has 1 N–H and O–H groups in total. The van der Waals surface area contributed by atoms with E-state index in [0.717, 1.165) is 25.8 Å². The van der Waals surface area contributed by atoms with E-state index in [-0.39, 0.29) is 11.9 Å². The Labute approximate surface area is 94.7 Å². The molecule has 0 spiro atoms. The Morgan fingerprint density at radius 1 is 1.25 bits per heavy atom. The average Bonchev–Trinajstić information content (AvgIpc) is 2.64. The molecule has 1 saturated heterocycles. The quantitative estimate of drug-likeness (QED) is 0.785. The lowest BCUT2D eigenvalue weighted by molar-refractivity contribution is 0.0896. The van der Waals surface area contributed by atoms with Gasteiger partial charge in [0.15, 0.2) is 0 Å². The zero-order valence-electron chi connectivity index (χ0n) is 9.14. The van der Waals surface area contributed by atoms with Crippen LogP contribution < -0.4 is 4.90 Å². The zero-order chi connectivity index (χ0) is 11.1. The van der Waals surface area contributed by atoms with Crippen LogP contribution in [0.25, 0.3) is 0 Å². The van der Waals surface area contributed by atoms with E-state index in [9.17, 15) is 9.50 Å². The summed E-state index contributed by atoms with van der Waals surface area (Å²) < 4.78 is 13.7. The van der Waals surface area contributed by atoms with Crippen molar-refractivity contribution in [2.24, 2.45) is 5.92 Å². The Bertz CT molecular complexity index is 395. The van der Waals surface area contributed by atoms with Gasteiger partial charge in [-0.2, -0.15) is 0 Å². The minimum atomic E-state index is -0.187. The summed E-state index contributed by atoms with van der Waals surface area (Å²) in [5, 5.41) is 9.81. The molecule has 1 aromatic carbocycles. The predicted molar refractivity (Wildman–Crippen MR) is 60.9 cm³/mol. The fraction of sp³-hybridized carbons (Fsp3) is 0.538. The monoisotopic (exact) mass is 221 g/mol. The lowest BCUT2D eigenvalue weighted by Crippen LogP contribution is -2.29. The molecule has 3 rings (SSSR count). The molecule has 1 aliphatic heterocycles. The SMILES string of the molecule is OC1CCC2CC1CN2c1ccccc1F. The summed E-state index contributed by atoms with van der Waals surface area (Å²) in [6, 6.07) is 7.36. The second-order valence-corrected chi connectivity index (χ2v) is 4.90. The van der Waals surface area contributed by atoms with Crippen molar-refractivity contribution in [1.82, 2.24) is 0 Å². The molecule has 2 aliphatic rings. The first-order valence-electron chi connectivity index (χ1n) is 5.95. The van der Waals surface area contributed by atoms with Gasteiger partial charge in [-0.1, -0.05) is 12.1 Å². The van der Waals surface area contributed by atoms with Crippen LogP contribution >= 0.6 is 0 Å². The summed E-state index contributed by atoms with van der Waals surface area (Å²) in [4.78, 5) is 2.14. The molecule has 0 radical (unpaired) electrons. The van der Waals surface area contributed by atoms with Gasteiger partial charge in [-0.3, -0.25) is 0 Å². The third-order valence-electron chi connectivity index (χ3n) is 3.95. The molecule has 1 saturated carbocycles. The van der Waals surface area contributed by atoms with Crippen molar-refractivity contribution in [3.05, 3.63) is 30.1 Å². The van der Waals surface area contributed by atoms with Gasteiger partial charge in [0.1, 0.15) is 5.82 Å². The number of fused-ring (bicyclic) bond motifs is 2. The largest absolute Gasteiger partial charge is 0.393 e. The van der Waals surface area contributed by atoms with E-state index >= 15 is 0 Å². The van der Waals surface area contributed by atoms with Gasteiger partial charge in [0.2, 0.25) is 0 Å².